The van der Waals surface area contributed by atoms with E-state index in [0.29, 0.717) is 12.4 Å². The second kappa shape index (κ2) is 11.6. The first kappa shape index (κ1) is 23.7. The fourth-order valence-corrected chi connectivity index (χ4v) is 3.82. The van der Waals surface area contributed by atoms with Gasteiger partial charge in [-0.3, -0.25) is 14.4 Å². The van der Waals surface area contributed by atoms with Crippen LogP contribution in [0.25, 0.3) is 11.1 Å². The number of hydrogen-bond donors (Lipinski definition) is 2. The van der Waals surface area contributed by atoms with Gasteiger partial charge in [0, 0.05) is 70.3 Å². The molecule has 1 saturated heterocycles. The van der Waals surface area contributed by atoms with Crippen LogP contribution in [0.15, 0.2) is 61.1 Å². The lowest BCUT2D eigenvalue weighted by molar-refractivity contribution is -0.134. The smallest absolute Gasteiger partial charge is 0.237 e. The van der Waals surface area contributed by atoms with Gasteiger partial charge in [0.25, 0.3) is 0 Å². The topological polar surface area (TPSA) is 87.6 Å². The molecule has 1 aromatic carbocycles. The van der Waals surface area contributed by atoms with Crippen molar-refractivity contribution in [2.75, 3.05) is 58.2 Å². The van der Waals surface area contributed by atoms with Gasteiger partial charge in [0.15, 0.2) is 0 Å². The molecule has 0 bridgehead atoms. The van der Waals surface area contributed by atoms with Gasteiger partial charge in [-0.2, -0.15) is 5.10 Å². The summed E-state index contributed by atoms with van der Waals surface area (Å²) in [5.41, 5.74) is 2.96. The molecule has 1 amide bonds. The predicted octanol–water partition coefficient (Wildman–Crippen LogP) is 1.71. The van der Waals surface area contributed by atoms with E-state index in [1.807, 2.05) is 75.2 Å². The zero-order valence-corrected chi connectivity index (χ0v) is 19.9. The Balaban J connectivity index is 0.000000398. The van der Waals surface area contributed by atoms with E-state index in [1.54, 1.807) is 9.58 Å². The number of aryl methyl sites for hydroxylation is 1. The Morgan fingerprint density at radius 2 is 1.85 bits per heavy atom. The summed E-state index contributed by atoms with van der Waals surface area (Å²) in [6.07, 6.45) is 5.64. The van der Waals surface area contributed by atoms with Crippen LogP contribution in [0.4, 0.5) is 5.69 Å². The van der Waals surface area contributed by atoms with Crippen molar-refractivity contribution in [3.05, 3.63) is 61.1 Å². The van der Waals surface area contributed by atoms with Crippen LogP contribution in [-0.2, 0) is 11.8 Å². The van der Waals surface area contributed by atoms with Crippen molar-refractivity contribution >= 4 is 11.6 Å². The van der Waals surface area contributed by atoms with Gasteiger partial charge in [0.2, 0.25) is 11.8 Å². The lowest BCUT2D eigenvalue weighted by atomic mass is 10.1. The minimum Gasteiger partial charge on any atom is -0.470 e. The molecule has 0 radical (unpaired) electrons. The molecule has 2 aromatic heterocycles. The Kier molecular flexibility index (Phi) is 8.11. The molecule has 0 aliphatic carbocycles. The predicted molar refractivity (Wildman–Crippen MR) is 133 cm³/mol. The molecule has 0 saturated carbocycles. The van der Waals surface area contributed by atoms with Crippen LogP contribution in [0.2, 0.25) is 0 Å². The van der Waals surface area contributed by atoms with Crippen LogP contribution >= 0.6 is 0 Å². The Labute approximate surface area is 200 Å². The number of rotatable bonds is 6. The maximum Gasteiger partial charge on any atom is 0.237 e. The molecule has 2 aliphatic heterocycles. The number of ether oxygens (including phenoxy) is 1. The number of likely N-dealkylation sites (N-methyl/N-ethyl adjacent to an activating group) is 1. The fourth-order valence-electron chi connectivity index (χ4n) is 3.82. The number of anilines is 1. The molecule has 4 heterocycles. The summed E-state index contributed by atoms with van der Waals surface area (Å²) in [6.45, 7) is 5.40. The Morgan fingerprint density at radius 3 is 2.53 bits per heavy atom. The van der Waals surface area contributed by atoms with E-state index in [1.165, 1.54) is 0 Å². The van der Waals surface area contributed by atoms with Gasteiger partial charge in [0.05, 0.1) is 25.0 Å². The summed E-state index contributed by atoms with van der Waals surface area (Å²) in [4.78, 5) is 20.2. The van der Waals surface area contributed by atoms with Crippen molar-refractivity contribution in [2.24, 2.45) is 7.05 Å². The highest BCUT2D eigenvalue weighted by Crippen LogP contribution is 2.30. The molecule has 34 heavy (non-hydrogen) atoms. The quantitative estimate of drug-likeness (QED) is 0.538. The van der Waals surface area contributed by atoms with E-state index >= 15 is 0 Å². The first-order valence-corrected chi connectivity index (χ1v) is 11.6. The summed E-state index contributed by atoms with van der Waals surface area (Å²) in [5.74, 6) is 0.828. The fraction of sp³-hybridized carbons (Fsp3) is 0.400. The van der Waals surface area contributed by atoms with E-state index in [-0.39, 0.29) is 12.0 Å². The normalized spacial score (nSPS) is 17.8. The van der Waals surface area contributed by atoms with Crippen molar-refractivity contribution in [1.82, 2.24) is 29.9 Å². The van der Waals surface area contributed by atoms with Crippen molar-refractivity contribution in [1.29, 1.82) is 0 Å². The molecule has 2 aliphatic rings. The zero-order valence-electron chi connectivity index (χ0n) is 19.9. The first-order chi connectivity index (χ1) is 16.6. The van der Waals surface area contributed by atoms with Gasteiger partial charge < -0.3 is 20.3 Å². The number of aromatic nitrogens is 3. The van der Waals surface area contributed by atoms with E-state index in [0.717, 1.165) is 56.1 Å². The number of fused-ring (bicyclic) bond motifs is 1. The summed E-state index contributed by atoms with van der Waals surface area (Å²) in [7, 11) is 3.76. The van der Waals surface area contributed by atoms with Crippen LogP contribution < -0.4 is 15.4 Å². The van der Waals surface area contributed by atoms with Crippen LogP contribution in [0, 0.1) is 0 Å². The molecule has 5 rings (SSSR count). The lowest BCUT2D eigenvalue weighted by Gasteiger charge is -2.32. The molecule has 1 unspecified atom stereocenters. The maximum atomic E-state index is 11.7. The lowest BCUT2D eigenvalue weighted by Crippen LogP contribution is -2.50. The Bertz CT molecular complexity index is 1030. The number of carbonyl (C=O) groups excluding carboxylic acids is 1. The number of pyridine rings is 1. The molecule has 2 N–H and O–H groups in total. The van der Waals surface area contributed by atoms with Gasteiger partial charge in [0.1, 0.15) is 6.10 Å². The highest BCUT2D eigenvalue weighted by atomic mass is 16.5. The van der Waals surface area contributed by atoms with Crippen LogP contribution in [0.1, 0.15) is 0 Å². The first-order valence-electron chi connectivity index (χ1n) is 11.6. The standard InChI is InChI=1S/C19H27N7O2.C6H6/c1-24-5-6-26(13-18(24)27)4-3-20-10-16-11-21-17-7-14(8-22-19(17)28-16)15-9-23-25(2)12-15;1-2-4-6-5-3-1/h7-9,12,16,20-21H,3-6,10-11,13H2,1-2H3;1-6H. The van der Waals surface area contributed by atoms with E-state index in [4.69, 9.17) is 4.74 Å². The number of nitrogens with zero attached hydrogens (tertiary/aromatic N) is 5. The van der Waals surface area contributed by atoms with E-state index < -0.39 is 0 Å². The second-order valence-corrected chi connectivity index (χ2v) is 8.55. The number of piperazine rings is 1. The number of amides is 1. The maximum absolute atomic E-state index is 11.7. The van der Waals surface area contributed by atoms with Gasteiger partial charge in [-0.15, -0.1) is 0 Å². The summed E-state index contributed by atoms with van der Waals surface area (Å²) in [5, 5.41) is 11.0. The third-order valence-electron chi connectivity index (χ3n) is 5.87. The minimum absolute atomic E-state index is 0.0263. The molecule has 0 spiro atoms. The van der Waals surface area contributed by atoms with E-state index in [2.05, 4.69) is 25.6 Å². The molecule has 3 aromatic rings. The number of carbonyl (C=O) groups is 1. The zero-order chi connectivity index (χ0) is 23.8. The van der Waals surface area contributed by atoms with Gasteiger partial charge in [-0.25, -0.2) is 4.98 Å². The molecule has 180 valence electrons. The largest absolute Gasteiger partial charge is 0.470 e. The Hall–Kier alpha value is -3.43. The highest BCUT2D eigenvalue weighted by molar-refractivity contribution is 5.78. The molecule has 1 fully saturated rings. The summed E-state index contributed by atoms with van der Waals surface area (Å²) < 4.78 is 7.80. The van der Waals surface area contributed by atoms with Gasteiger partial charge in [-0.05, 0) is 6.07 Å². The number of hydrogen-bond acceptors (Lipinski definition) is 7. The second-order valence-electron chi connectivity index (χ2n) is 8.55. The monoisotopic (exact) mass is 463 g/mol. The Morgan fingerprint density at radius 1 is 1.09 bits per heavy atom. The van der Waals surface area contributed by atoms with Crippen LogP contribution in [0.5, 0.6) is 5.88 Å². The minimum atomic E-state index is 0.0263. The summed E-state index contributed by atoms with van der Waals surface area (Å²) in [6, 6.07) is 14.0. The molecule has 9 heteroatoms. The molecule has 9 nitrogen and oxygen atoms in total. The average molecular weight is 464 g/mol. The SMILES string of the molecule is CN1CCN(CCNCC2CNc3cc(-c4cnn(C)c4)cnc3O2)CC1=O.c1ccccc1. The highest BCUT2D eigenvalue weighted by Gasteiger charge is 2.22. The van der Waals surface area contributed by atoms with Crippen LogP contribution in [0.3, 0.4) is 0 Å². The number of nitrogens with one attached hydrogen (secondary N) is 2. The van der Waals surface area contributed by atoms with Crippen LogP contribution in [-0.4, -0.2) is 89.4 Å². The summed E-state index contributed by atoms with van der Waals surface area (Å²) >= 11 is 0. The van der Waals surface area contributed by atoms with Crippen molar-refractivity contribution in [3.8, 4) is 17.0 Å². The van der Waals surface area contributed by atoms with Gasteiger partial charge in [-0.1, -0.05) is 36.4 Å². The molecular formula is C25H33N7O2. The third-order valence-corrected chi connectivity index (χ3v) is 5.87. The third kappa shape index (κ3) is 6.55. The molecule has 1 atom stereocenters. The van der Waals surface area contributed by atoms with Gasteiger partial charge >= 0.3 is 0 Å². The molecular weight excluding hydrogens is 430 g/mol. The average Bonchev–Trinajstić information content (AvgIpc) is 3.31. The number of benzene rings is 1. The van der Waals surface area contributed by atoms with Crippen molar-refractivity contribution in [3.63, 3.8) is 0 Å². The van der Waals surface area contributed by atoms with Crippen molar-refractivity contribution < 1.29 is 9.53 Å². The van der Waals surface area contributed by atoms with Crippen molar-refractivity contribution in [2.45, 2.75) is 6.10 Å². The van der Waals surface area contributed by atoms with E-state index in [9.17, 15) is 4.79 Å².